The van der Waals surface area contributed by atoms with Crippen molar-refractivity contribution in [3.63, 3.8) is 0 Å². The molecule has 0 radical (unpaired) electrons. The molecule has 1 rings (SSSR count). The molecule has 0 aliphatic carbocycles. The Labute approximate surface area is 96.1 Å². The van der Waals surface area contributed by atoms with Gasteiger partial charge in [-0.1, -0.05) is 12.1 Å². The largest absolute Gasteiger partial charge is 0.491 e. The third kappa shape index (κ3) is 3.35. The van der Waals surface area contributed by atoms with Gasteiger partial charge in [0.25, 0.3) is 0 Å². The van der Waals surface area contributed by atoms with Crippen molar-refractivity contribution < 1.29 is 14.6 Å². The van der Waals surface area contributed by atoms with Crippen LogP contribution in [-0.2, 0) is 0 Å². The Morgan fingerprint density at radius 3 is 2.50 bits per heavy atom. The standard InChI is InChI=1S/C13H18O3/c1-9(2)16-11-7-5-6-10(8-11)12(14)13(3,4)15/h5-9,15H,1-4H3. The molecule has 0 spiro atoms. The number of Topliss-reactive ketones (excluding diaryl/α,β-unsaturated/α-hetero) is 1. The van der Waals surface area contributed by atoms with Crippen molar-refractivity contribution in [2.75, 3.05) is 0 Å². The van der Waals surface area contributed by atoms with Gasteiger partial charge >= 0.3 is 0 Å². The van der Waals surface area contributed by atoms with E-state index in [2.05, 4.69) is 0 Å². The Morgan fingerprint density at radius 2 is 2.00 bits per heavy atom. The Balaban J connectivity index is 2.95. The van der Waals surface area contributed by atoms with Gasteiger partial charge in [0.05, 0.1) is 6.10 Å². The van der Waals surface area contributed by atoms with Crippen molar-refractivity contribution in [1.29, 1.82) is 0 Å². The van der Waals surface area contributed by atoms with E-state index >= 15 is 0 Å². The molecule has 0 atom stereocenters. The van der Waals surface area contributed by atoms with E-state index in [1.807, 2.05) is 13.8 Å². The summed E-state index contributed by atoms with van der Waals surface area (Å²) in [6.07, 6.45) is 0.0625. The average molecular weight is 222 g/mol. The predicted octanol–water partition coefficient (Wildman–Crippen LogP) is 2.43. The van der Waals surface area contributed by atoms with Crippen LogP contribution in [0.3, 0.4) is 0 Å². The van der Waals surface area contributed by atoms with Crippen molar-refractivity contribution in [3.05, 3.63) is 29.8 Å². The van der Waals surface area contributed by atoms with E-state index in [4.69, 9.17) is 4.74 Å². The van der Waals surface area contributed by atoms with Crippen LogP contribution in [0.4, 0.5) is 0 Å². The van der Waals surface area contributed by atoms with Gasteiger partial charge in [-0.05, 0) is 39.8 Å². The first kappa shape index (κ1) is 12.7. The van der Waals surface area contributed by atoms with Crippen LogP contribution in [0.15, 0.2) is 24.3 Å². The summed E-state index contributed by atoms with van der Waals surface area (Å²) in [5.41, 5.74) is -0.887. The van der Waals surface area contributed by atoms with Crippen LogP contribution in [0.5, 0.6) is 5.75 Å². The summed E-state index contributed by atoms with van der Waals surface area (Å²) in [4.78, 5) is 11.8. The lowest BCUT2D eigenvalue weighted by atomic mass is 9.97. The van der Waals surface area contributed by atoms with Gasteiger partial charge in [-0.2, -0.15) is 0 Å². The summed E-state index contributed by atoms with van der Waals surface area (Å²) >= 11 is 0. The molecule has 0 unspecified atom stereocenters. The maximum Gasteiger partial charge on any atom is 0.193 e. The molecule has 0 saturated carbocycles. The third-order valence-corrected chi connectivity index (χ3v) is 2.02. The molecule has 0 aromatic heterocycles. The van der Waals surface area contributed by atoms with Gasteiger partial charge in [0, 0.05) is 5.56 Å². The second-order valence-electron chi connectivity index (χ2n) is 4.58. The molecule has 88 valence electrons. The van der Waals surface area contributed by atoms with E-state index in [-0.39, 0.29) is 11.9 Å². The molecule has 0 amide bonds. The van der Waals surface area contributed by atoms with E-state index in [1.54, 1.807) is 24.3 Å². The first-order chi connectivity index (χ1) is 7.30. The topological polar surface area (TPSA) is 46.5 Å². The molecule has 3 heteroatoms. The summed E-state index contributed by atoms with van der Waals surface area (Å²) in [5, 5.41) is 9.62. The fourth-order valence-electron chi connectivity index (χ4n) is 1.34. The number of carbonyl (C=O) groups excluding carboxylic acids is 1. The minimum atomic E-state index is -1.35. The molecule has 3 nitrogen and oxygen atoms in total. The highest BCUT2D eigenvalue weighted by Gasteiger charge is 2.25. The summed E-state index contributed by atoms with van der Waals surface area (Å²) in [7, 11) is 0. The van der Waals surface area contributed by atoms with Crippen molar-refractivity contribution in [2.24, 2.45) is 0 Å². The summed E-state index contributed by atoms with van der Waals surface area (Å²) in [6.45, 7) is 6.80. The van der Waals surface area contributed by atoms with E-state index in [9.17, 15) is 9.90 Å². The lowest BCUT2D eigenvalue weighted by molar-refractivity contribution is 0.0487. The van der Waals surface area contributed by atoms with Gasteiger partial charge in [-0.25, -0.2) is 0 Å². The van der Waals surface area contributed by atoms with Crippen LogP contribution >= 0.6 is 0 Å². The molecule has 1 aromatic rings. The van der Waals surface area contributed by atoms with Crippen molar-refractivity contribution >= 4 is 5.78 Å². The van der Waals surface area contributed by atoms with Crippen LogP contribution in [-0.4, -0.2) is 22.6 Å². The zero-order valence-corrected chi connectivity index (χ0v) is 10.2. The van der Waals surface area contributed by atoms with Gasteiger partial charge < -0.3 is 9.84 Å². The normalized spacial score (nSPS) is 11.6. The minimum absolute atomic E-state index is 0.0625. The van der Waals surface area contributed by atoms with Crippen molar-refractivity contribution in [2.45, 2.75) is 39.4 Å². The van der Waals surface area contributed by atoms with Crippen LogP contribution in [0, 0.1) is 0 Å². The van der Waals surface area contributed by atoms with Crippen LogP contribution in [0.2, 0.25) is 0 Å². The number of benzene rings is 1. The van der Waals surface area contributed by atoms with Crippen LogP contribution in [0.1, 0.15) is 38.1 Å². The number of hydrogen-bond donors (Lipinski definition) is 1. The van der Waals surface area contributed by atoms with Gasteiger partial charge in [-0.15, -0.1) is 0 Å². The maximum atomic E-state index is 11.8. The summed E-state index contributed by atoms with van der Waals surface area (Å²) in [6, 6.07) is 6.87. The average Bonchev–Trinajstić information content (AvgIpc) is 2.14. The number of aliphatic hydroxyl groups is 1. The van der Waals surface area contributed by atoms with E-state index in [0.29, 0.717) is 11.3 Å². The predicted molar refractivity (Wildman–Crippen MR) is 62.8 cm³/mol. The molecule has 16 heavy (non-hydrogen) atoms. The monoisotopic (exact) mass is 222 g/mol. The Bertz CT molecular complexity index is 375. The Hall–Kier alpha value is -1.35. The maximum absolute atomic E-state index is 11.8. The van der Waals surface area contributed by atoms with E-state index in [0.717, 1.165) is 0 Å². The SMILES string of the molecule is CC(C)Oc1cccc(C(=O)C(C)(C)O)c1. The van der Waals surface area contributed by atoms with Crippen molar-refractivity contribution in [1.82, 2.24) is 0 Å². The molecular weight excluding hydrogens is 204 g/mol. The van der Waals surface area contributed by atoms with Crippen molar-refractivity contribution in [3.8, 4) is 5.75 Å². The van der Waals surface area contributed by atoms with Gasteiger partial charge in [-0.3, -0.25) is 4.79 Å². The molecule has 0 aliphatic heterocycles. The number of hydrogen-bond acceptors (Lipinski definition) is 3. The zero-order valence-electron chi connectivity index (χ0n) is 10.2. The fraction of sp³-hybridized carbons (Fsp3) is 0.462. The highest BCUT2D eigenvalue weighted by molar-refractivity contribution is 6.01. The summed E-state index contributed by atoms with van der Waals surface area (Å²) < 4.78 is 5.48. The van der Waals surface area contributed by atoms with Crippen LogP contribution in [0.25, 0.3) is 0 Å². The van der Waals surface area contributed by atoms with E-state index < -0.39 is 5.60 Å². The van der Waals surface area contributed by atoms with E-state index in [1.165, 1.54) is 13.8 Å². The van der Waals surface area contributed by atoms with Gasteiger partial charge in [0.1, 0.15) is 11.4 Å². The Morgan fingerprint density at radius 1 is 1.38 bits per heavy atom. The first-order valence-electron chi connectivity index (χ1n) is 5.34. The Kier molecular flexibility index (Phi) is 3.70. The molecule has 0 saturated heterocycles. The van der Waals surface area contributed by atoms with Gasteiger partial charge in [0.15, 0.2) is 5.78 Å². The smallest absolute Gasteiger partial charge is 0.193 e. The number of ketones is 1. The molecule has 1 aromatic carbocycles. The first-order valence-corrected chi connectivity index (χ1v) is 5.34. The molecule has 0 heterocycles. The zero-order chi connectivity index (χ0) is 12.3. The molecule has 1 N–H and O–H groups in total. The number of ether oxygens (including phenoxy) is 1. The molecule has 0 fully saturated rings. The second-order valence-corrected chi connectivity index (χ2v) is 4.58. The molecule has 0 bridgehead atoms. The highest BCUT2D eigenvalue weighted by atomic mass is 16.5. The molecule has 0 aliphatic rings. The number of carbonyl (C=O) groups is 1. The summed E-state index contributed by atoms with van der Waals surface area (Å²) in [5.74, 6) is 0.340. The quantitative estimate of drug-likeness (QED) is 0.796. The molecular formula is C13H18O3. The lowest BCUT2D eigenvalue weighted by Gasteiger charge is -2.16. The fourth-order valence-corrected chi connectivity index (χ4v) is 1.34. The highest BCUT2D eigenvalue weighted by Crippen LogP contribution is 2.19. The van der Waals surface area contributed by atoms with Gasteiger partial charge in [0.2, 0.25) is 0 Å². The number of rotatable bonds is 4. The minimum Gasteiger partial charge on any atom is -0.491 e. The third-order valence-electron chi connectivity index (χ3n) is 2.02. The van der Waals surface area contributed by atoms with Crippen LogP contribution < -0.4 is 4.74 Å². The second kappa shape index (κ2) is 4.66. The lowest BCUT2D eigenvalue weighted by Crippen LogP contribution is -2.31.